The Morgan fingerprint density at radius 1 is 1.35 bits per heavy atom. The highest BCUT2D eigenvalue weighted by atomic mass is 35.5. The predicted octanol–water partition coefficient (Wildman–Crippen LogP) is 0.998. The van der Waals surface area contributed by atoms with E-state index < -0.39 is 33.8 Å². The van der Waals surface area contributed by atoms with Gasteiger partial charge in [0.2, 0.25) is 15.9 Å². The molecule has 1 aromatic rings. The van der Waals surface area contributed by atoms with Crippen molar-refractivity contribution in [2.24, 2.45) is 11.8 Å². The second-order valence-electron chi connectivity index (χ2n) is 6.69. The van der Waals surface area contributed by atoms with Crippen molar-refractivity contribution in [3.05, 3.63) is 35.6 Å². The van der Waals surface area contributed by atoms with E-state index in [0.29, 0.717) is 11.4 Å². The number of nitrogens with zero attached hydrogens (tertiary/aromatic N) is 4. The number of aromatic nitrogens is 2. The van der Waals surface area contributed by atoms with E-state index in [0.717, 1.165) is 10.6 Å². The number of fused-ring (bicyclic) bond motifs is 1. The minimum atomic E-state index is -3.76. The van der Waals surface area contributed by atoms with Crippen molar-refractivity contribution < 1.29 is 18.0 Å². The van der Waals surface area contributed by atoms with Crippen LogP contribution in [0.3, 0.4) is 0 Å². The normalized spacial score (nSPS) is 22.8. The van der Waals surface area contributed by atoms with Crippen LogP contribution in [0.2, 0.25) is 0 Å². The smallest absolute Gasteiger partial charge is 0.274 e. The Morgan fingerprint density at radius 2 is 2.04 bits per heavy atom. The minimum absolute atomic E-state index is 0.126. The molecule has 0 saturated carbocycles. The largest absolute Gasteiger partial charge is 0.324 e. The number of hydrogen-bond donors (Lipinski definition) is 0. The summed E-state index contributed by atoms with van der Waals surface area (Å²) in [6.45, 7) is 3.88. The molecule has 0 spiro atoms. The number of hydrogen-bond acceptors (Lipinski definition) is 6. The third kappa shape index (κ3) is 2.99. The SMILES string of the molecule is CC(C)[C@@H]1C(=O)N(S(C)(=O)=O)C2=CCN(C(=O)c3cnc(CCl)cn3)[C@H]21. The maximum Gasteiger partial charge on any atom is 0.274 e. The molecule has 3 heterocycles. The molecular formula is C16H19ClN4O4S. The lowest BCUT2D eigenvalue weighted by Crippen LogP contribution is -2.43. The van der Waals surface area contributed by atoms with E-state index in [1.165, 1.54) is 17.3 Å². The van der Waals surface area contributed by atoms with Crippen LogP contribution < -0.4 is 0 Å². The highest BCUT2D eigenvalue weighted by molar-refractivity contribution is 7.89. The van der Waals surface area contributed by atoms with Crippen LogP contribution in [-0.2, 0) is 20.7 Å². The van der Waals surface area contributed by atoms with Gasteiger partial charge in [0, 0.05) is 6.54 Å². The molecule has 0 radical (unpaired) electrons. The van der Waals surface area contributed by atoms with Crippen LogP contribution in [0.1, 0.15) is 30.0 Å². The predicted molar refractivity (Wildman–Crippen MR) is 94.5 cm³/mol. The summed E-state index contributed by atoms with van der Waals surface area (Å²) in [5.41, 5.74) is 1.01. The average molecular weight is 399 g/mol. The molecule has 140 valence electrons. The number of amides is 2. The zero-order chi connectivity index (χ0) is 19.2. The van der Waals surface area contributed by atoms with Crippen LogP contribution in [0.15, 0.2) is 24.2 Å². The van der Waals surface area contributed by atoms with Crippen LogP contribution in [-0.4, -0.2) is 58.2 Å². The van der Waals surface area contributed by atoms with Gasteiger partial charge in [-0.15, -0.1) is 11.6 Å². The second kappa shape index (κ2) is 6.62. The molecule has 2 aliphatic rings. The van der Waals surface area contributed by atoms with Gasteiger partial charge >= 0.3 is 0 Å². The van der Waals surface area contributed by atoms with Crippen molar-refractivity contribution in [2.75, 3.05) is 12.8 Å². The van der Waals surface area contributed by atoms with Gasteiger partial charge in [-0.2, -0.15) is 0 Å². The zero-order valence-corrected chi connectivity index (χ0v) is 16.2. The first-order valence-corrected chi connectivity index (χ1v) is 10.5. The third-order valence-corrected chi connectivity index (χ3v) is 5.90. The lowest BCUT2D eigenvalue weighted by atomic mass is 9.89. The first-order valence-electron chi connectivity index (χ1n) is 8.09. The van der Waals surface area contributed by atoms with Crippen LogP contribution >= 0.6 is 11.6 Å². The summed E-state index contributed by atoms with van der Waals surface area (Å²) in [6, 6.07) is -0.626. The van der Waals surface area contributed by atoms with Gasteiger partial charge in [0.1, 0.15) is 5.69 Å². The van der Waals surface area contributed by atoms with Gasteiger partial charge in [-0.25, -0.2) is 17.7 Å². The Morgan fingerprint density at radius 3 is 2.54 bits per heavy atom. The fourth-order valence-corrected chi connectivity index (χ4v) is 4.61. The Kier molecular flexibility index (Phi) is 4.78. The van der Waals surface area contributed by atoms with Gasteiger partial charge in [-0.05, 0) is 12.0 Å². The summed E-state index contributed by atoms with van der Waals surface area (Å²) in [4.78, 5) is 35.3. The molecular weight excluding hydrogens is 380 g/mol. The molecule has 10 heteroatoms. The molecule has 1 saturated heterocycles. The molecule has 0 unspecified atom stereocenters. The Bertz CT molecular complexity index is 882. The van der Waals surface area contributed by atoms with Crippen LogP contribution in [0.5, 0.6) is 0 Å². The van der Waals surface area contributed by atoms with Crippen molar-refractivity contribution in [3.63, 3.8) is 0 Å². The minimum Gasteiger partial charge on any atom is -0.324 e. The molecule has 0 aromatic carbocycles. The number of carbonyl (C=O) groups is 2. The summed E-state index contributed by atoms with van der Waals surface area (Å²) in [5.74, 6) is -1.48. The van der Waals surface area contributed by atoms with Crippen LogP contribution in [0, 0.1) is 11.8 Å². The average Bonchev–Trinajstić information content (AvgIpc) is 3.09. The number of sulfonamides is 1. The van der Waals surface area contributed by atoms with E-state index in [9.17, 15) is 18.0 Å². The van der Waals surface area contributed by atoms with E-state index in [2.05, 4.69) is 9.97 Å². The fourth-order valence-electron chi connectivity index (χ4n) is 3.46. The van der Waals surface area contributed by atoms with Crippen molar-refractivity contribution >= 4 is 33.4 Å². The molecule has 1 fully saturated rings. The second-order valence-corrected chi connectivity index (χ2v) is 8.79. The Labute approximate surface area is 156 Å². The number of halogens is 1. The van der Waals surface area contributed by atoms with Gasteiger partial charge < -0.3 is 4.90 Å². The highest BCUT2D eigenvalue weighted by Gasteiger charge is 2.54. The van der Waals surface area contributed by atoms with Gasteiger partial charge in [-0.1, -0.05) is 13.8 Å². The van der Waals surface area contributed by atoms with Crippen molar-refractivity contribution in [3.8, 4) is 0 Å². The summed E-state index contributed by atoms with van der Waals surface area (Å²) >= 11 is 5.68. The van der Waals surface area contributed by atoms with E-state index in [4.69, 9.17) is 11.6 Å². The standard InChI is InChI=1S/C16H19ClN4O4S/c1-9(2)13-14-12(21(16(13)23)26(3,24)25)4-5-20(14)15(22)11-8-18-10(6-17)7-19-11/h4,7-9,13-14H,5-6H2,1-3H3/t13-,14+/m0/s1. The van der Waals surface area contributed by atoms with E-state index in [-0.39, 0.29) is 24.0 Å². The van der Waals surface area contributed by atoms with Gasteiger partial charge in [0.15, 0.2) is 0 Å². The monoisotopic (exact) mass is 398 g/mol. The molecule has 2 atom stereocenters. The third-order valence-electron chi connectivity index (χ3n) is 4.57. The van der Waals surface area contributed by atoms with Crippen LogP contribution in [0.25, 0.3) is 0 Å². The lowest BCUT2D eigenvalue weighted by Gasteiger charge is -2.28. The molecule has 1 aromatic heterocycles. The lowest BCUT2D eigenvalue weighted by molar-refractivity contribution is -0.128. The maximum absolute atomic E-state index is 12.9. The van der Waals surface area contributed by atoms with Crippen molar-refractivity contribution in [1.82, 2.24) is 19.2 Å². The highest BCUT2D eigenvalue weighted by Crippen LogP contribution is 2.41. The summed E-state index contributed by atoms with van der Waals surface area (Å²) in [7, 11) is -3.76. The molecule has 26 heavy (non-hydrogen) atoms. The van der Waals surface area contributed by atoms with Gasteiger partial charge in [0.05, 0.1) is 47.9 Å². The van der Waals surface area contributed by atoms with E-state index in [1.54, 1.807) is 6.08 Å². The van der Waals surface area contributed by atoms with E-state index in [1.807, 2.05) is 13.8 Å². The molecule has 0 aliphatic carbocycles. The van der Waals surface area contributed by atoms with Crippen LogP contribution in [0.4, 0.5) is 0 Å². The molecule has 3 rings (SSSR count). The summed E-state index contributed by atoms with van der Waals surface area (Å²) < 4.78 is 25.0. The zero-order valence-electron chi connectivity index (χ0n) is 14.6. The van der Waals surface area contributed by atoms with Crippen molar-refractivity contribution in [2.45, 2.75) is 25.8 Å². The van der Waals surface area contributed by atoms with Gasteiger partial charge in [-0.3, -0.25) is 14.6 Å². The van der Waals surface area contributed by atoms with Crippen molar-refractivity contribution in [1.29, 1.82) is 0 Å². The maximum atomic E-state index is 12.9. The molecule has 2 amide bonds. The summed E-state index contributed by atoms with van der Waals surface area (Å²) in [5, 5.41) is 0. The Balaban J connectivity index is 1.97. The molecule has 8 nitrogen and oxygen atoms in total. The quantitative estimate of drug-likeness (QED) is 0.701. The topological polar surface area (TPSA) is 101 Å². The molecule has 2 aliphatic heterocycles. The fraction of sp³-hybridized carbons (Fsp3) is 0.500. The van der Waals surface area contributed by atoms with E-state index >= 15 is 0 Å². The van der Waals surface area contributed by atoms with Gasteiger partial charge in [0.25, 0.3) is 5.91 Å². The molecule has 0 bridgehead atoms. The first kappa shape index (κ1) is 18.8. The first-order chi connectivity index (χ1) is 12.2. The number of carbonyl (C=O) groups excluding carboxylic acids is 2. The Hall–Kier alpha value is -2.00. The summed E-state index contributed by atoms with van der Waals surface area (Å²) in [6.07, 6.45) is 5.37. The molecule has 0 N–H and O–H groups in total. The number of alkyl halides is 1. The number of rotatable bonds is 4.